The predicted molar refractivity (Wildman–Crippen MR) is 111 cm³/mol. The van der Waals surface area contributed by atoms with E-state index in [1.807, 2.05) is 38.1 Å². The number of carbonyl (C=O) groups is 2. The van der Waals surface area contributed by atoms with Crippen LogP contribution < -0.4 is 14.8 Å². The highest BCUT2D eigenvalue weighted by Crippen LogP contribution is 2.24. The van der Waals surface area contributed by atoms with Crippen molar-refractivity contribution in [3.63, 3.8) is 0 Å². The molecule has 0 unspecified atom stereocenters. The van der Waals surface area contributed by atoms with Crippen LogP contribution in [0, 0.1) is 13.8 Å². The Balaban J connectivity index is 1.69. The summed E-state index contributed by atoms with van der Waals surface area (Å²) in [7, 11) is 2.93. The fraction of sp³-hybridized carbons (Fsp3) is 0.227. The number of esters is 1. The molecule has 0 radical (unpaired) electrons. The third-order valence-electron chi connectivity index (χ3n) is 4.34. The minimum absolute atomic E-state index is 0.171. The lowest BCUT2D eigenvalue weighted by Crippen LogP contribution is -2.22. The quantitative estimate of drug-likeness (QED) is 0.602. The van der Waals surface area contributed by atoms with E-state index in [9.17, 15) is 9.59 Å². The number of hydrogen-bond acceptors (Lipinski definition) is 6. The van der Waals surface area contributed by atoms with Crippen molar-refractivity contribution >= 4 is 17.7 Å². The third kappa shape index (κ3) is 4.78. The Morgan fingerprint density at radius 3 is 2.40 bits per heavy atom. The highest BCUT2D eigenvalue weighted by atomic mass is 16.5. The van der Waals surface area contributed by atoms with Gasteiger partial charge in [-0.1, -0.05) is 17.7 Å². The Labute approximate surface area is 174 Å². The average molecular weight is 409 g/mol. The molecule has 3 aromatic rings. The SMILES string of the molecule is COc1ccc(OC)c(C(=O)OCC(=O)Nc2cc(C)nn2-c2ccc(C)cc2)c1. The first-order valence-electron chi connectivity index (χ1n) is 9.24. The first-order chi connectivity index (χ1) is 14.4. The minimum Gasteiger partial charge on any atom is -0.497 e. The van der Waals surface area contributed by atoms with E-state index in [-0.39, 0.29) is 5.56 Å². The maximum absolute atomic E-state index is 12.4. The van der Waals surface area contributed by atoms with E-state index >= 15 is 0 Å². The van der Waals surface area contributed by atoms with Crippen LogP contribution in [0.1, 0.15) is 21.6 Å². The number of anilines is 1. The second-order valence-corrected chi connectivity index (χ2v) is 6.61. The number of benzene rings is 2. The molecule has 1 amide bonds. The smallest absolute Gasteiger partial charge is 0.342 e. The van der Waals surface area contributed by atoms with Crippen molar-refractivity contribution < 1.29 is 23.8 Å². The molecule has 30 heavy (non-hydrogen) atoms. The normalized spacial score (nSPS) is 10.4. The molecule has 0 spiro atoms. The Kier molecular flexibility index (Phi) is 6.36. The number of aryl methyl sites for hydroxylation is 2. The van der Waals surface area contributed by atoms with Crippen molar-refractivity contribution in [3.8, 4) is 17.2 Å². The van der Waals surface area contributed by atoms with E-state index in [0.29, 0.717) is 17.3 Å². The van der Waals surface area contributed by atoms with Crippen molar-refractivity contribution in [2.45, 2.75) is 13.8 Å². The molecule has 0 aliphatic heterocycles. The summed E-state index contributed by atoms with van der Waals surface area (Å²) in [5.41, 5.74) is 2.84. The van der Waals surface area contributed by atoms with Gasteiger partial charge in [0.2, 0.25) is 0 Å². The topological polar surface area (TPSA) is 91.7 Å². The molecule has 0 bridgehead atoms. The zero-order valence-electron chi connectivity index (χ0n) is 17.3. The summed E-state index contributed by atoms with van der Waals surface area (Å²) in [5, 5.41) is 7.14. The molecule has 2 aromatic carbocycles. The van der Waals surface area contributed by atoms with Gasteiger partial charge >= 0.3 is 5.97 Å². The second kappa shape index (κ2) is 9.13. The average Bonchev–Trinajstić information content (AvgIpc) is 3.11. The Morgan fingerprint density at radius 2 is 1.73 bits per heavy atom. The van der Waals surface area contributed by atoms with Crippen LogP contribution in [-0.4, -0.2) is 42.5 Å². The maximum atomic E-state index is 12.4. The van der Waals surface area contributed by atoms with Crippen LogP contribution in [0.2, 0.25) is 0 Å². The number of carbonyl (C=O) groups excluding carboxylic acids is 2. The van der Waals surface area contributed by atoms with Crippen molar-refractivity contribution in [2.75, 3.05) is 26.1 Å². The molecule has 1 N–H and O–H groups in total. The zero-order valence-corrected chi connectivity index (χ0v) is 17.3. The Bertz CT molecular complexity index is 1060. The first kappa shape index (κ1) is 20.9. The van der Waals surface area contributed by atoms with Gasteiger partial charge in [-0.2, -0.15) is 5.10 Å². The molecule has 0 aliphatic carbocycles. The van der Waals surface area contributed by atoms with E-state index in [2.05, 4.69) is 10.4 Å². The third-order valence-corrected chi connectivity index (χ3v) is 4.34. The van der Waals surface area contributed by atoms with E-state index < -0.39 is 18.5 Å². The summed E-state index contributed by atoms with van der Waals surface area (Å²) in [6.07, 6.45) is 0. The van der Waals surface area contributed by atoms with Gasteiger partial charge in [0.15, 0.2) is 6.61 Å². The summed E-state index contributed by atoms with van der Waals surface area (Å²) in [4.78, 5) is 24.8. The van der Waals surface area contributed by atoms with E-state index in [4.69, 9.17) is 14.2 Å². The van der Waals surface area contributed by atoms with Gasteiger partial charge < -0.3 is 19.5 Å². The second-order valence-electron chi connectivity index (χ2n) is 6.61. The summed E-state index contributed by atoms with van der Waals surface area (Å²) >= 11 is 0. The lowest BCUT2D eigenvalue weighted by molar-refractivity contribution is -0.119. The van der Waals surface area contributed by atoms with Gasteiger partial charge in [0.25, 0.3) is 5.91 Å². The van der Waals surface area contributed by atoms with Crippen LogP contribution >= 0.6 is 0 Å². The van der Waals surface area contributed by atoms with Crippen LogP contribution in [0.25, 0.3) is 5.69 Å². The molecule has 0 atom stereocenters. The number of hydrogen-bond donors (Lipinski definition) is 1. The number of aromatic nitrogens is 2. The van der Waals surface area contributed by atoms with Gasteiger partial charge in [0, 0.05) is 6.07 Å². The first-order valence-corrected chi connectivity index (χ1v) is 9.24. The van der Waals surface area contributed by atoms with Gasteiger partial charge in [-0.3, -0.25) is 4.79 Å². The van der Waals surface area contributed by atoms with Crippen LogP contribution in [0.15, 0.2) is 48.5 Å². The maximum Gasteiger partial charge on any atom is 0.342 e. The van der Waals surface area contributed by atoms with E-state index in [0.717, 1.165) is 16.9 Å². The number of ether oxygens (including phenoxy) is 3. The summed E-state index contributed by atoms with van der Waals surface area (Å²) in [6, 6.07) is 14.2. The monoisotopic (exact) mass is 409 g/mol. The summed E-state index contributed by atoms with van der Waals surface area (Å²) in [5.74, 6) is 0.109. The van der Waals surface area contributed by atoms with E-state index in [1.54, 1.807) is 22.9 Å². The molecular weight excluding hydrogens is 386 g/mol. The van der Waals surface area contributed by atoms with E-state index in [1.165, 1.54) is 20.3 Å². The molecule has 8 heteroatoms. The predicted octanol–water partition coefficient (Wildman–Crippen LogP) is 3.30. The van der Waals surface area contributed by atoms with Crippen molar-refractivity contribution in [1.29, 1.82) is 0 Å². The zero-order chi connectivity index (χ0) is 21.7. The van der Waals surface area contributed by atoms with Crippen molar-refractivity contribution in [2.24, 2.45) is 0 Å². The molecular formula is C22H23N3O5. The van der Waals surface area contributed by atoms with Crippen molar-refractivity contribution in [1.82, 2.24) is 9.78 Å². The minimum atomic E-state index is -0.691. The van der Waals surface area contributed by atoms with Gasteiger partial charge in [-0.15, -0.1) is 0 Å². The lowest BCUT2D eigenvalue weighted by atomic mass is 10.2. The molecule has 3 rings (SSSR count). The molecule has 156 valence electrons. The number of methoxy groups -OCH3 is 2. The molecule has 1 aromatic heterocycles. The lowest BCUT2D eigenvalue weighted by Gasteiger charge is -2.11. The number of nitrogens with one attached hydrogen (secondary N) is 1. The molecule has 0 fully saturated rings. The largest absolute Gasteiger partial charge is 0.497 e. The van der Waals surface area contributed by atoms with Gasteiger partial charge in [-0.25, -0.2) is 9.48 Å². The number of rotatable bonds is 7. The molecule has 8 nitrogen and oxygen atoms in total. The van der Waals surface area contributed by atoms with Gasteiger partial charge in [0.05, 0.1) is 25.6 Å². The molecule has 0 saturated carbocycles. The number of amides is 1. The molecule has 0 saturated heterocycles. The number of nitrogens with zero attached hydrogens (tertiary/aromatic N) is 2. The standard InChI is InChI=1S/C22H23N3O5/c1-14-5-7-16(8-6-14)25-20(11-15(2)24-25)23-21(26)13-30-22(27)18-12-17(28-3)9-10-19(18)29-4/h5-12H,13H2,1-4H3,(H,23,26). The van der Waals surface area contributed by atoms with Crippen LogP contribution in [0.5, 0.6) is 11.5 Å². The summed E-state index contributed by atoms with van der Waals surface area (Å²) in [6.45, 7) is 3.36. The Hall–Kier alpha value is -3.81. The van der Waals surface area contributed by atoms with Crippen LogP contribution in [0.3, 0.4) is 0 Å². The van der Waals surface area contributed by atoms with Crippen molar-refractivity contribution in [3.05, 3.63) is 65.4 Å². The fourth-order valence-electron chi connectivity index (χ4n) is 2.83. The highest BCUT2D eigenvalue weighted by molar-refractivity contribution is 5.96. The van der Waals surface area contributed by atoms with Gasteiger partial charge in [0.1, 0.15) is 22.9 Å². The van der Waals surface area contributed by atoms with Gasteiger partial charge in [-0.05, 0) is 44.2 Å². The molecule has 1 heterocycles. The highest BCUT2D eigenvalue weighted by Gasteiger charge is 2.18. The molecule has 0 aliphatic rings. The Morgan fingerprint density at radius 1 is 1.00 bits per heavy atom. The van der Waals surface area contributed by atoms with Crippen LogP contribution in [0.4, 0.5) is 5.82 Å². The fourth-order valence-corrected chi connectivity index (χ4v) is 2.83. The summed E-state index contributed by atoms with van der Waals surface area (Å²) < 4.78 is 17.1. The van der Waals surface area contributed by atoms with Crippen LogP contribution in [-0.2, 0) is 9.53 Å².